The van der Waals surface area contributed by atoms with E-state index in [1.54, 1.807) is 28.0 Å². The van der Waals surface area contributed by atoms with Gasteiger partial charge in [0.1, 0.15) is 6.33 Å². The highest BCUT2D eigenvalue weighted by Gasteiger charge is 2.32. The molecule has 2 saturated heterocycles. The Labute approximate surface area is 200 Å². The number of amides is 1. The Hall–Kier alpha value is -4.19. The summed E-state index contributed by atoms with van der Waals surface area (Å²) in [4.78, 5) is 38.0. The van der Waals surface area contributed by atoms with Crippen LogP contribution in [-0.4, -0.2) is 78.2 Å². The zero-order valence-corrected chi connectivity index (χ0v) is 18.9. The van der Waals surface area contributed by atoms with Crippen LogP contribution in [0.15, 0.2) is 53.4 Å². The van der Waals surface area contributed by atoms with E-state index in [-0.39, 0.29) is 29.1 Å². The van der Waals surface area contributed by atoms with Gasteiger partial charge in [-0.3, -0.25) is 14.9 Å². The van der Waals surface area contributed by atoms with Crippen molar-refractivity contribution in [2.24, 2.45) is 0 Å². The molecular formula is C23H24N6O6. The van der Waals surface area contributed by atoms with E-state index in [1.165, 1.54) is 12.6 Å². The van der Waals surface area contributed by atoms with Gasteiger partial charge in [0.2, 0.25) is 5.82 Å². The summed E-state index contributed by atoms with van der Waals surface area (Å²) >= 11 is 0. The number of hydrogen-bond donors (Lipinski definition) is 0. The summed E-state index contributed by atoms with van der Waals surface area (Å²) in [5, 5.41) is 12.1. The molecule has 1 aromatic carbocycles. The molecule has 2 aliphatic heterocycles. The summed E-state index contributed by atoms with van der Waals surface area (Å²) < 4.78 is 16.6. The van der Waals surface area contributed by atoms with Gasteiger partial charge in [-0.05, 0) is 24.3 Å². The van der Waals surface area contributed by atoms with Gasteiger partial charge in [0.15, 0.2) is 11.5 Å². The van der Waals surface area contributed by atoms with Crippen LogP contribution in [0.4, 0.5) is 17.2 Å². The third-order valence-corrected chi connectivity index (χ3v) is 5.97. The lowest BCUT2D eigenvalue weighted by Gasteiger charge is -2.34. The van der Waals surface area contributed by atoms with E-state index in [9.17, 15) is 14.9 Å². The van der Waals surface area contributed by atoms with Gasteiger partial charge >= 0.3 is 11.6 Å². The van der Waals surface area contributed by atoms with Gasteiger partial charge in [0.25, 0.3) is 5.91 Å². The molecule has 2 fully saturated rings. The summed E-state index contributed by atoms with van der Waals surface area (Å²) in [6.45, 7) is 4.06. The first kappa shape index (κ1) is 22.6. The highest BCUT2D eigenvalue weighted by molar-refractivity contribution is 5.91. The van der Waals surface area contributed by atoms with Gasteiger partial charge in [-0.25, -0.2) is 4.98 Å². The van der Waals surface area contributed by atoms with Crippen molar-refractivity contribution in [2.75, 3.05) is 62.3 Å². The van der Waals surface area contributed by atoms with Crippen molar-refractivity contribution in [2.45, 2.75) is 0 Å². The molecule has 0 saturated carbocycles. The van der Waals surface area contributed by atoms with Crippen LogP contribution in [0, 0.1) is 10.1 Å². The van der Waals surface area contributed by atoms with Crippen LogP contribution in [0.25, 0.3) is 0 Å². The van der Waals surface area contributed by atoms with E-state index >= 15 is 0 Å². The highest BCUT2D eigenvalue weighted by Crippen LogP contribution is 2.39. The van der Waals surface area contributed by atoms with E-state index in [4.69, 9.17) is 13.9 Å². The first-order valence-electron chi connectivity index (χ1n) is 11.3. The number of carbonyl (C=O) groups excluding carboxylic acids is 1. The summed E-state index contributed by atoms with van der Waals surface area (Å²) in [5.41, 5.74) is 0.505. The average molecular weight is 480 g/mol. The maximum atomic E-state index is 12.5. The molecule has 0 unspecified atom stereocenters. The Bertz CT molecular complexity index is 1190. The number of para-hydroxylation sites is 2. The van der Waals surface area contributed by atoms with Gasteiger partial charge in [-0.1, -0.05) is 12.1 Å². The van der Waals surface area contributed by atoms with Crippen LogP contribution >= 0.6 is 0 Å². The largest absolute Gasteiger partial charge is 0.459 e. The Morgan fingerprint density at radius 2 is 1.74 bits per heavy atom. The van der Waals surface area contributed by atoms with Crippen LogP contribution < -0.4 is 14.5 Å². The quantitative estimate of drug-likeness (QED) is 0.384. The third kappa shape index (κ3) is 4.73. The van der Waals surface area contributed by atoms with Gasteiger partial charge in [0.05, 0.1) is 30.1 Å². The second kappa shape index (κ2) is 9.97. The second-order valence-electron chi connectivity index (χ2n) is 8.03. The fourth-order valence-corrected chi connectivity index (χ4v) is 4.21. The minimum atomic E-state index is -0.525. The molecule has 2 aliphatic rings. The second-order valence-corrected chi connectivity index (χ2v) is 8.03. The minimum Gasteiger partial charge on any atom is -0.459 e. The Balaban J connectivity index is 1.37. The van der Waals surface area contributed by atoms with Crippen molar-refractivity contribution < 1.29 is 23.6 Å². The number of benzene rings is 1. The molecule has 182 valence electrons. The molecule has 0 atom stereocenters. The van der Waals surface area contributed by atoms with E-state index < -0.39 is 4.92 Å². The zero-order valence-electron chi connectivity index (χ0n) is 18.9. The normalized spacial score (nSPS) is 16.3. The number of aromatic nitrogens is 2. The molecule has 35 heavy (non-hydrogen) atoms. The molecule has 0 aliphatic carbocycles. The number of piperazine rings is 1. The van der Waals surface area contributed by atoms with E-state index in [0.29, 0.717) is 58.2 Å². The number of furan rings is 1. The SMILES string of the molecule is O=C(c1ccco1)N1CCN(c2ncnc(Oc3ccccc3N3CCOCC3)c2[N+](=O)[O-])CC1. The zero-order chi connectivity index (χ0) is 24.2. The highest BCUT2D eigenvalue weighted by atomic mass is 16.6. The predicted molar refractivity (Wildman–Crippen MR) is 125 cm³/mol. The molecule has 1 amide bonds. The van der Waals surface area contributed by atoms with Crippen molar-refractivity contribution in [1.82, 2.24) is 14.9 Å². The van der Waals surface area contributed by atoms with E-state index in [1.807, 2.05) is 18.2 Å². The first-order valence-corrected chi connectivity index (χ1v) is 11.3. The maximum Gasteiger partial charge on any atom is 0.373 e. The molecule has 5 rings (SSSR count). The Morgan fingerprint density at radius 3 is 2.46 bits per heavy atom. The lowest BCUT2D eigenvalue weighted by molar-refractivity contribution is -0.385. The number of rotatable bonds is 6. The topological polar surface area (TPSA) is 127 Å². The summed E-state index contributed by atoms with van der Waals surface area (Å²) in [5.74, 6) is 0.552. The summed E-state index contributed by atoms with van der Waals surface area (Å²) in [6, 6.07) is 10.6. The van der Waals surface area contributed by atoms with Crippen molar-refractivity contribution in [3.05, 3.63) is 64.9 Å². The molecule has 0 N–H and O–H groups in total. The molecule has 3 aromatic rings. The van der Waals surface area contributed by atoms with Crippen molar-refractivity contribution >= 4 is 23.1 Å². The molecular weight excluding hydrogens is 456 g/mol. The van der Waals surface area contributed by atoms with Gasteiger partial charge < -0.3 is 28.6 Å². The van der Waals surface area contributed by atoms with Gasteiger partial charge in [-0.15, -0.1) is 0 Å². The Morgan fingerprint density at radius 1 is 0.971 bits per heavy atom. The predicted octanol–water partition coefficient (Wildman–Crippen LogP) is 2.57. The molecule has 2 aromatic heterocycles. The number of ether oxygens (including phenoxy) is 2. The lowest BCUT2D eigenvalue weighted by atomic mass is 10.2. The molecule has 0 spiro atoms. The van der Waals surface area contributed by atoms with Gasteiger partial charge in [-0.2, -0.15) is 4.98 Å². The fraction of sp³-hybridized carbons (Fsp3) is 0.348. The van der Waals surface area contributed by atoms with Crippen LogP contribution in [0.1, 0.15) is 10.6 Å². The number of hydrogen-bond acceptors (Lipinski definition) is 10. The number of anilines is 2. The minimum absolute atomic E-state index is 0.130. The van der Waals surface area contributed by atoms with Crippen molar-refractivity contribution in [3.8, 4) is 11.6 Å². The number of carbonyl (C=O) groups is 1. The molecule has 0 radical (unpaired) electrons. The summed E-state index contributed by atoms with van der Waals surface area (Å²) in [7, 11) is 0. The molecule has 0 bridgehead atoms. The fourth-order valence-electron chi connectivity index (χ4n) is 4.21. The summed E-state index contributed by atoms with van der Waals surface area (Å²) in [6.07, 6.45) is 2.71. The van der Waals surface area contributed by atoms with Crippen molar-refractivity contribution in [3.63, 3.8) is 0 Å². The molecule has 12 nitrogen and oxygen atoms in total. The van der Waals surface area contributed by atoms with Crippen LogP contribution in [0.2, 0.25) is 0 Å². The number of morpholine rings is 1. The number of nitro groups is 1. The lowest BCUT2D eigenvalue weighted by Crippen LogP contribution is -2.49. The van der Waals surface area contributed by atoms with Crippen LogP contribution in [0.3, 0.4) is 0 Å². The molecule has 4 heterocycles. The molecule has 12 heteroatoms. The Kier molecular flexibility index (Phi) is 6.44. The smallest absolute Gasteiger partial charge is 0.373 e. The monoisotopic (exact) mass is 480 g/mol. The van der Waals surface area contributed by atoms with Crippen molar-refractivity contribution in [1.29, 1.82) is 0 Å². The van der Waals surface area contributed by atoms with E-state index in [2.05, 4.69) is 14.9 Å². The van der Waals surface area contributed by atoms with E-state index in [0.717, 1.165) is 5.69 Å². The average Bonchev–Trinajstić information content (AvgIpc) is 3.44. The van der Waals surface area contributed by atoms with Crippen LogP contribution in [0.5, 0.6) is 11.6 Å². The maximum absolute atomic E-state index is 12.5. The van der Waals surface area contributed by atoms with Crippen LogP contribution in [-0.2, 0) is 4.74 Å². The van der Waals surface area contributed by atoms with Gasteiger partial charge in [0, 0.05) is 39.3 Å². The first-order chi connectivity index (χ1) is 17.1. The third-order valence-electron chi connectivity index (χ3n) is 5.97. The standard InChI is InChI=1S/C23H24N6O6/c30-23(19-6-3-13-34-19)28-9-7-27(8-10-28)21-20(29(31)32)22(25-16-24-21)35-18-5-2-1-4-17(18)26-11-14-33-15-12-26/h1-6,13,16H,7-12,14-15H2. The number of nitrogens with zero attached hydrogens (tertiary/aromatic N) is 6.